The number of carboxylic acid groups (broad SMARTS) is 1. The quantitative estimate of drug-likeness (QED) is 0.508. The molecule has 29 heavy (non-hydrogen) atoms. The number of hydrogen-bond acceptors (Lipinski definition) is 7. The maximum atomic E-state index is 10.9. The lowest BCUT2D eigenvalue weighted by Crippen LogP contribution is -2.13. The zero-order valence-corrected chi connectivity index (χ0v) is 15.4. The maximum absolute atomic E-state index is 10.9. The van der Waals surface area contributed by atoms with E-state index >= 15 is 0 Å². The molecule has 4 rings (SSSR count). The molecule has 0 aliphatic carbocycles. The summed E-state index contributed by atoms with van der Waals surface area (Å²) < 4.78 is 5.75. The molecule has 0 fully saturated rings. The molecule has 1 aliphatic heterocycles. The van der Waals surface area contributed by atoms with Crippen LogP contribution in [0.3, 0.4) is 0 Å². The van der Waals surface area contributed by atoms with E-state index in [1.54, 1.807) is 36.5 Å². The van der Waals surface area contributed by atoms with Gasteiger partial charge in [-0.3, -0.25) is 0 Å². The van der Waals surface area contributed by atoms with Gasteiger partial charge in [0.15, 0.2) is 5.75 Å². The Hall–Kier alpha value is -4.07. The second-order valence-electron chi connectivity index (χ2n) is 6.41. The van der Waals surface area contributed by atoms with Crippen molar-refractivity contribution in [1.29, 1.82) is 0 Å². The number of fused-ring (bicyclic) bond motifs is 1. The number of para-hydroxylation sites is 2. The van der Waals surface area contributed by atoms with Crippen LogP contribution in [0.5, 0.6) is 5.75 Å². The van der Waals surface area contributed by atoms with E-state index in [-0.39, 0.29) is 5.56 Å². The van der Waals surface area contributed by atoms with Crippen molar-refractivity contribution < 1.29 is 14.6 Å². The molecule has 0 bridgehead atoms. The van der Waals surface area contributed by atoms with Gasteiger partial charge in [-0.25, -0.2) is 14.8 Å². The zero-order chi connectivity index (χ0) is 20.2. The minimum absolute atomic E-state index is 0.270. The minimum atomic E-state index is -0.935. The molecule has 2 heterocycles. The SMILES string of the molecule is N/C(=C1\Nc2ccccc2O1)c1ccnc(NCCc2ccc(C(=O)O)cc2)n1. The van der Waals surface area contributed by atoms with Gasteiger partial charge < -0.3 is 26.2 Å². The highest BCUT2D eigenvalue weighted by molar-refractivity contribution is 5.87. The number of nitrogens with two attached hydrogens (primary N) is 1. The van der Waals surface area contributed by atoms with E-state index in [1.165, 1.54) is 0 Å². The monoisotopic (exact) mass is 389 g/mol. The number of anilines is 2. The van der Waals surface area contributed by atoms with Crippen LogP contribution in [0.15, 0.2) is 66.7 Å². The first-order valence-electron chi connectivity index (χ1n) is 9.03. The van der Waals surface area contributed by atoms with Crippen LogP contribution in [0.2, 0.25) is 0 Å². The van der Waals surface area contributed by atoms with Gasteiger partial charge in [-0.2, -0.15) is 0 Å². The zero-order valence-electron chi connectivity index (χ0n) is 15.4. The third-order valence-electron chi connectivity index (χ3n) is 4.42. The second kappa shape index (κ2) is 7.89. The average molecular weight is 389 g/mol. The summed E-state index contributed by atoms with van der Waals surface area (Å²) in [7, 11) is 0. The lowest BCUT2D eigenvalue weighted by atomic mass is 10.1. The Balaban J connectivity index is 1.40. The summed E-state index contributed by atoms with van der Waals surface area (Å²) in [5.41, 5.74) is 9.30. The first kappa shape index (κ1) is 18.3. The summed E-state index contributed by atoms with van der Waals surface area (Å²) in [4.78, 5) is 19.6. The van der Waals surface area contributed by atoms with Gasteiger partial charge >= 0.3 is 5.97 Å². The van der Waals surface area contributed by atoms with Gasteiger partial charge in [0.1, 0.15) is 5.70 Å². The van der Waals surface area contributed by atoms with Gasteiger partial charge in [0, 0.05) is 12.7 Å². The number of nitrogens with one attached hydrogen (secondary N) is 2. The summed E-state index contributed by atoms with van der Waals surface area (Å²) in [6, 6.07) is 16.1. The first-order chi connectivity index (χ1) is 14.1. The number of carboxylic acids is 1. The number of aromatic nitrogens is 2. The molecule has 5 N–H and O–H groups in total. The third-order valence-corrected chi connectivity index (χ3v) is 4.42. The predicted octanol–water partition coefficient (Wildman–Crippen LogP) is 2.92. The Morgan fingerprint density at radius 1 is 1.14 bits per heavy atom. The Kier molecular flexibility index (Phi) is 4.98. The van der Waals surface area contributed by atoms with Gasteiger partial charge in [0.2, 0.25) is 11.8 Å². The fourth-order valence-electron chi connectivity index (χ4n) is 2.88. The summed E-state index contributed by atoms with van der Waals surface area (Å²) in [5.74, 6) is 0.667. The maximum Gasteiger partial charge on any atom is 0.335 e. The fraction of sp³-hybridized carbons (Fsp3) is 0.0952. The highest BCUT2D eigenvalue weighted by atomic mass is 16.5. The van der Waals surface area contributed by atoms with Gasteiger partial charge in [0.25, 0.3) is 0 Å². The number of rotatable bonds is 6. The minimum Gasteiger partial charge on any atom is -0.478 e. The van der Waals surface area contributed by atoms with Crippen molar-refractivity contribution in [1.82, 2.24) is 9.97 Å². The molecule has 8 nitrogen and oxygen atoms in total. The van der Waals surface area contributed by atoms with E-state index in [9.17, 15) is 4.79 Å². The molecule has 3 aromatic rings. The fourth-order valence-corrected chi connectivity index (χ4v) is 2.88. The summed E-state index contributed by atoms with van der Waals surface area (Å²) >= 11 is 0. The van der Waals surface area contributed by atoms with Crippen molar-refractivity contribution in [3.8, 4) is 5.75 Å². The average Bonchev–Trinajstić information content (AvgIpc) is 3.18. The molecule has 0 amide bonds. The van der Waals surface area contributed by atoms with Crippen LogP contribution in [0.1, 0.15) is 21.6 Å². The topological polar surface area (TPSA) is 122 Å². The normalized spacial score (nSPS) is 13.8. The van der Waals surface area contributed by atoms with Crippen molar-refractivity contribution >= 4 is 23.3 Å². The number of hydrogen-bond donors (Lipinski definition) is 4. The van der Waals surface area contributed by atoms with Crippen molar-refractivity contribution in [2.24, 2.45) is 5.73 Å². The third kappa shape index (κ3) is 4.11. The molecule has 8 heteroatoms. The summed E-state index contributed by atoms with van der Waals surface area (Å²) in [6.07, 6.45) is 2.33. The molecule has 0 saturated carbocycles. The van der Waals surface area contributed by atoms with Gasteiger partial charge in [-0.05, 0) is 42.3 Å². The second-order valence-corrected chi connectivity index (χ2v) is 6.41. The molecule has 0 spiro atoms. The molecule has 146 valence electrons. The lowest BCUT2D eigenvalue weighted by molar-refractivity contribution is 0.0697. The Morgan fingerprint density at radius 2 is 1.93 bits per heavy atom. The number of carbonyl (C=O) groups is 1. The lowest BCUT2D eigenvalue weighted by Gasteiger charge is -2.09. The molecular formula is C21H19N5O3. The van der Waals surface area contributed by atoms with Crippen LogP contribution in [-0.4, -0.2) is 27.6 Å². The number of benzene rings is 2. The molecule has 0 radical (unpaired) electrons. The highest BCUT2D eigenvalue weighted by Crippen LogP contribution is 2.34. The van der Waals surface area contributed by atoms with Crippen LogP contribution in [0, 0.1) is 0 Å². The van der Waals surface area contributed by atoms with E-state index in [2.05, 4.69) is 20.6 Å². The predicted molar refractivity (Wildman–Crippen MR) is 109 cm³/mol. The molecule has 2 aromatic carbocycles. The molecule has 0 saturated heterocycles. The first-order valence-corrected chi connectivity index (χ1v) is 9.03. The van der Waals surface area contributed by atoms with Crippen LogP contribution in [0.25, 0.3) is 5.70 Å². The molecule has 0 unspecified atom stereocenters. The Morgan fingerprint density at radius 3 is 2.69 bits per heavy atom. The smallest absolute Gasteiger partial charge is 0.335 e. The van der Waals surface area contributed by atoms with Crippen LogP contribution >= 0.6 is 0 Å². The van der Waals surface area contributed by atoms with Crippen LogP contribution in [-0.2, 0) is 6.42 Å². The van der Waals surface area contributed by atoms with Gasteiger partial charge in [-0.15, -0.1) is 0 Å². The van der Waals surface area contributed by atoms with Crippen molar-refractivity contribution in [2.75, 3.05) is 17.2 Å². The Labute approximate surface area is 167 Å². The number of aromatic carboxylic acids is 1. The number of nitrogens with zero attached hydrogens (tertiary/aromatic N) is 2. The molecule has 1 aliphatic rings. The van der Waals surface area contributed by atoms with E-state index < -0.39 is 5.97 Å². The number of ether oxygens (including phenoxy) is 1. The Bertz CT molecular complexity index is 1050. The van der Waals surface area contributed by atoms with E-state index in [0.717, 1.165) is 11.3 Å². The molecule has 1 aromatic heterocycles. The van der Waals surface area contributed by atoms with E-state index in [1.807, 2.05) is 24.3 Å². The van der Waals surface area contributed by atoms with Crippen molar-refractivity contribution in [2.45, 2.75) is 6.42 Å². The van der Waals surface area contributed by atoms with Crippen molar-refractivity contribution in [3.63, 3.8) is 0 Å². The summed E-state index contributed by atoms with van der Waals surface area (Å²) in [6.45, 7) is 0.590. The van der Waals surface area contributed by atoms with Crippen molar-refractivity contribution in [3.05, 3.63) is 83.5 Å². The molecule has 0 atom stereocenters. The van der Waals surface area contributed by atoms with E-state index in [4.69, 9.17) is 15.6 Å². The summed E-state index contributed by atoms with van der Waals surface area (Å²) in [5, 5.41) is 15.2. The molecular weight excluding hydrogens is 370 g/mol. The standard InChI is InChI=1S/C21H19N5O3/c22-18(19-25-15-3-1-2-4-17(15)29-19)16-10-12-24-21(26-16)23-11-9-13-5-7-14(8-6-13)20(27)28/h1-8,10,12,25H,9,11,22H2,(H,27,28)(H,23,24,26)/b19-18+. The van der Waals surface area contributed by atoms with Crippen LogP contribution in [0.4, 0.5) is 11.6 Å². The van der Waals surface area contributed by atoms with Crippen LogP contribution < -0.4 is 21.1 Å². The van der Waals surface area contributed by atoms with Gasteiger partial charge in [0.05, 0.1) is 16.9 Å². The largest absolute Gasteiger partial charge is 0.478 e. The van der Waals surface area contributed by atoms with E-state index in [0.29, 0.717) is 41.9 Å². The van der Waals surface area contributed by atoms with Gasteiger partial charge in [-0.1, -0.05) is 24.3 Å². The highest BCUT2D eigenvalue weighted by Gasteiger charge is 2.20.